The molecule has 0 aliphatic carbocycles. The molecule has 6 heteroatoms. The topological polar surface area (TPSA) is 55.8 Å². The van der Waals surface area contributed by atoms with Crippen LogP contribution >= 0.6 is 12.2 Å². The van der Waals surface area contributed by atoms with Gasteiger partial charge in [0.15, 0.2) is 0 Å². The second kappa shape index (κ2) is 10.6. The van der Waals surface area contributed by atoms with Crippen LogP contribution in [0, 0.1) is 0 Å². The van der Waals surface area contributed by atoms with Crippen LogP contribution in [-0.4, -0.2) is 47.6 Å². The van der Waals surface area contributed by atoms with Crippen LogP contribution in [-0.2, 0) is 19.1 Å². The molecule has 0 aliphatic rings. The van der Waals surface area contributed by atoms with E-state index in [0.29, 0.717) is 0 Å². The van der Waals surface area contributed by atoms with E-state index in [1.54, 1.807) is 0 Å². The number of rotatable bonds is 11. The molecule has 0 fully saturated rings. The lowest BCUT2D eigenvalue weighted by Gasteiger charge is -2.30. The minimum Gasteiger partial charge on any atom is -0.460 e. The Morgan fingerprint density at radius 1 is 0.952 bits per heavy atom. The third kappa shape index (κ3) is 5.74. The molecule has 0 radical (unpaired) electrons. The number of nitrogens with zero attached hydrogens (tertiary/aromatic N) is 1. The second-order valence-corrected chi connectivity index (χ2v) is 3.96. The van der Waals surface area contributed by atoms with Crippen LogP contribution in [0.15, 0.2) is 50.6 Å². The number of hydrogen-bond donors (Lipinski definition) is 0. The van der Waals surface area contributed by atoms with Gasteiger partial charge in [0, 0.05) is 0 Å². The first-order valence-corrected chi connectivity index (χ1v) is 6.57. The molecule has 0 saturated carbocycles. The maximum Gasteiger partial charge on any atom is 0.333 e. The van der Waals surface area contributed by atoms with Gasteiger partial charge < -0.3 is 14.4 Å². The van der Waals surface area contributed by atoms with E-state index in [-0.39, 0.29) is 13.2 Å². The van der Waals surface area contributed by atoms with Crippen molar-refractivity contribution in [1.29, 1.82) is 0 Å². The van der Waals surface area contributed by atoms with Crippen molar-refractivity contribution in [1.82, 2.24) is 4.90 Å². The molecule has 21 heavy (non-hydrogen) atoms. The van der Waals surface area contributed by atoms with E-state index in [1.807, 2.05) is 0 Å². The van der Waals surface area contributed by atoms with Gasteiger partial charge in [-0.15, -0.1) is 13.2 Å². The molecule has 0 aromatic heterocycles. The minimum absolute atomic E-state index is 0.0497. The molecule has 0 aliphatic heterocycles. The standard InChI is InChI=1S/C15H19NO4S/c1-5-9-19-14(17)12(7-3)16(11-21)13(8-4)15(18)20-10-6-2/h5-8,11-13H,1-4,9-10H2. The number of esters is 2. The molecule has 0 N–H and O–H groups in total. The van der Waals surface area contributed by atoms with Crippen LogP contribution in [0.1, 0.15) is 0 Å². The van der Waals surface area contributed by atoms with Crippen molar-refractivity contribution in [3.63, 3.8) is 0 Å². The van der Waals surface area contributed by atoms with Crippen molar-refractivity contribution in [2.45, 2.75) is 12.1 Å². The van der Waals surface area contributed by atoms with Gasteiger partial charge in [-0.05, 0) is 0 Å². The van der Waals surface area contributed by atoms with Crippen molar-refractivity contribution in [2.75, 3.05) is 13.2 Å². The van der Waals surface area contributed by atoms with Crippen molar-refractivity contribution < 1.29 is 19.1 Å². The van der Waals surface area contributed by atoms with Crippen LogP contribution in [0.4, 0.5) is 0 Å². The first-order valence-electron chi connectivity index (χ1n) is 6.10. The van der Waals surface area contributed by atoms with E-state index in [4.69, 9.17) is 21.7 Å². The normalized spacial score (nSPS) is 12.2. The summed E-state index contributed by atoms with van der Waals surface area (Å²) in [6.07, 6.45) is 5.52. The largest absolute Gasteiger partial charge is 0.460 e. The molecule has 2 unspecified atom stereocenters. The van der Waals surface area contributed by atoms with E-state index in [2.05, 4.69) is 26.3 Å². The Balaban J connectivity index is 5.15. The summed E-state index contributed by atoms with van der Waals surface area (Å²) in [7, 11) is 0. The summed E-state index contributed by atoms with van der Waals surface area (Å²) in [6.45, 7) is 14.1. The molecule has 2 atom stereocenters. The fraction of sp³-hybridized carbons (Fsp3) is 0.267. The summed E-state index contributed by atoms with van der Waals surface area (Å²) in [5, 5.41) is 0. The number of carbonyl (C=O) groups excluding carboxylic acids is 2. The Labute approximate surface area is 130 Å². The van der Waals surface area contributed by atoms with Crippen LogP contribution in [0.25, 0.3) is 0 Å². The molecule has 0 amide bonds. The summed E-state index contributed by atoms with van der Waals surface area (Å²) in [5.74, 6) is -1.20. The lowest BCUT2D eigenvalue weighted by atomic mass is 10.1. The van der Waals surface area contributed by atoms with E-state index in [1.165, 1.54) is 34.7 Å². The number of carbonyl (C=O) groups is 2. The van der Waals surface area contributed by atoms with Gasteiger partial charge in [0.25, 0.3) is 0 Å². The molecule has 0 bridgehead atoms. The quantitative estimate of drug-likeness (QED) is 0.330. The van der Waals surface area contributed by atoms with Crippen molar-refractivity contribution in [3.8, 4) is 0 Å². The molecule has 0 aromatic carbocycles. The maximum atomic E-state index is 11.9. The summed E-state index contributed by atoms with van der Waals surface area (Å²) in [4.78, 5) is 25.2. The second-order valence-electron chi connectivity index (χ2n) is 3.75. The summed E-state index contributed by atoms with van der Waals surface area (Å²) >= 11 is 4.87. The highest BCUT2D eigenvalue weighted by Gasteiger charge is 2.31. The first-order chi connectivity index (χ1) is 10.1. The number of hydrogen-bond acceptors (Lipinski definition) is 5. The van der Waals surface area contributed by atoms with Crippen molar-refractivity contribution in [2.24, 2.45) is 0 Å². The Kier molecular flexibility index (Phi) is 9.45. The highest BCUT2D eigenvalue weighted by atomic mass is 32.1. The van der Waals surface area contributed by atoms with Gasteiger partial charge >= 0.3 is 11.9 Å². The fourth-order valence-electron chi connectivity index (χ4n) is 1.44. The Morgan fingerprint density at radius 3 is 1.57 bits per heavy atom. The van der Waals surface area contributed by atoms with E-state index < -0.39 is 24.0 Å². The number of thiocarbonyl (C=S) groups is 1. The zero-order valence-electron chi connectivity index (χ0n) is 11.8. The van der Waals surface area contributed by atoms with Gasteiger partial charge in [-0.1, -0.05) is 49.7 Å². The van der Waals surface area contributed by atoms with Crippen LogP contribution in [0.2, 0.25) is 0 Å². The Hall–Kier alpha value is -2.21. The smallest absolute Gasteiger partial charge is 0.333 e. The van der Waals surface area contributed by atoms with E-state index >= 15 is 0 Å². The summed E-state index contributed by atoms with van der Waals surface area (Å²) in [5.41, 5.74) is 1.17. The minimum atomic E-state index is -0.929. The summed E-state index contributed by atoms with van der Waals surface area (Å²) in [6, 6.07) is -1.86. The number of ether oxygens (including phenoxy) is 2. The van der Waals surface area contributed by atoms with Gasteiger partial charge in [-0.25, -0.2) is 9.59 Å². The van der Waals surface area contributed by atoms with E-state index in [9.17, 15) is 9.59 Å². The molecular weight excluding hydrogens is 290 g/mol. The average Bonchev–Trinajstić information content (AvgIpc) is 2.50. The third-order valence-electron chi connectivity index (χ3n) is 2.38. The lowest BCUT2D eigenvalue weighted by Crippen LogP contribution is -2.49. The van der Waals surface area contributed by atoms with Crippen LogP contribution < -0.4 is 0 Å². The average molecular weight is 309 g/mol. The van der Waals surface area contributed by atoms with E-state index in [0.717, 1.165) is 0 Å². The van der Waals surface area contributed by atoms with Gasteiger partial charge in [0.2, 0.25) is 0 Å². The van der Waals surface area contributed by atoms with Crippen molar-refractivity contribution in [3.05, 3.63) is 50.6 Å². The van der Waals surface area contributed by atoms with Crippen LogP contribution in [0.5, 0.6) is 0 Å². The highest BCUT2D eigenvalue weighted by molar-refractivity contribution is 7.78. The van der Waals surface area contributed by atoms with Crippen molar-refractivity contribution >= 4 is 29.6 Å². The zero-order chi connectivity index (χ0) is 16.3. The molecule has 0 spiro atoms. The molecular formula is C15H19NO4S. The fourth-order valence-corrected chi connectivity index (χ4v) is 1.70. The molecule has 114 valence electrons. The molecule has 0 rings (SSSR count). The monoisotopic (exact) mass is 309 g/mol. The van der Waals surface area contributed by atoms with Gasteiger partial charge in [0.05, 0.1) is 5.49 Å². The SMILES string of the molecule is C=CCOC(=O)C(C=C)N(C=S)C(C=C)C(=O)OCC=C. The Bertz CT molecular complexity index is 397. The first kappa shape index (κ1) is 18.8. The van der Waals surface area contributed by atoms with Gasteiger partial charge in [0.1, 0.15) is 25.3 Å². The molecule has 0 heterocycles. The lowest BCUT2D eigenvalue weighted by molar-refractivity contribution is -0.150. The van der Waals surface area contributed by atoms with Gasteiger partial charge in [-0.3, -0.25) is 0 Å². The summed E-state index contributed by atoms with van der Waals surface area (Å²) < 4.78 is 9.89. The highest BCUT2D eigenvalue weighted by Crippen LogP contribution is 2.10. The predicted octanol–water partition coefficient (Wildman–Crippen LogP) is 1.81. The molecule has 0 saturated heterocycles. The predicted molar refractivity (Wildman–Crippen MR) is 85.8 cm³/mol. The molecule has 5 nitrogen and oxygen atoms in total. The molecule has 0 aromatic rings. The van der Waals surface area contributed by atoms with Gasteiger partial charge in [-0.2, -0.15) is 0 Å². The van der Waals surface area contributed by atoms with Crippen LogP contribution in [0.3, 0.4) is 0 Å². The third-order valence-corrected chi connectivity index (χ3v) is 2.62. The zero-order valence-corrected chi connectivity index (χ0v) is 12.6. The maximum absolute atomic E-state index is 11.9. The Morgan fingerprint density at radius 2 is 1.33 bits per heavy atom.